The molecule has 1 unspecified atom stereocenters. The summed E-state index contributed by atoms with van der Waals surface area (Å²) in [5, 5.41) is 20.2. The lowest BCUT2D eigenvalue weighted by atomic mass is 9.95. The van der Waals surface area contributed by atoms with Crippen molar-refractivity contribution >= 4 is 29.1 Å². The Balaban J connectivity index is 2.08. The molecule has 1 aliphatic rings. The minimum absolute atomic E-state index is 0.00545. The normalized spacial score (nSPS) is 18.4. The standard InChI is InChI=1S/C22H22ClNO5/c1-14-6-8-15(9-7-14)20(26)18-19(16-4-2-3-5-17(16)23)24(22(28)21(18)27)10-12-29-13-11-25/h2-9,19,25-26H,10-13H2,1H3. The summed E-state index contributed by atoms with van der Waals surface area (Å²) in [6.45, 7) is 2.16. The molecule has 1 heterocycles. The first-order chi connectivity index (χ1) is 14.0. The molecule has 0 spiro atoms. The van der Waals surface area contributed by atoms with E-state index in [-0.39, 0.29) is 37.7 Å². The van der Waals surface area contributed by atoms with Crippen molar-refractivity contribution in [2.75, 3.05) is 26.4 Å². The Morgan fingerprint density at radius 2 is 1.79 bits per heavy atom. The molecule has 29 heavy (non-hydrogen) atoms. The molecule has 2 N–H and O–H groups in total. The molecule has 0 aliphatic carbocycles. The lowest BCUT2D eigenvalue weighted by molar-refractivity contribution is -0.140. The van der Waals surface area contributed by atoms with Crippen LogP contribution in [0.2, 0.25) is 5.02 Å². The van der Waals surface area contributed by atoms with Crippen molar-refractivity contribution in [3.8, 4) is 0 Å². The first-order valence-electron chi connectivity index (χ1n) is 9.24. The second-order valence-corrected chi connectivity index (χ2v) is 7.12. The number of carbonyl (C=O) groups excluding carboxylic acids is 2. The van der Waals surface area contributed by atoms with Crippen molar-refractivity contribution in [2.24, 2.45) is 0 Å². The first-order valence-corrected chi connectivity index (χ1v) is 9.62. The molecule has 0 radical (unpaired) electrons. The van der Waals surface area contributed by atoms with E-state index in [0.29, 0.717) is 16.1 Å². The third-order valence-corrected chi connectivity index (χ3v) is 5.12. The van der Waals surface area contributed by atoms with Crippen molar-refractivity contribution in [2.45, 2.75) is 13.0 Å². The van der Waals surface area contributed by atoms with E-state index in [1.165, 1.54) is 4.90 Å². The van der Waals surface area contributed by atoms with Crippen molar-refractivity contribution in [3.63, 3.8) is 0 Å². The Labute approximate surface area is 174 Å². The maximum Gasteiger partial charge on any atom is 0.295 e. The van der Waals surface area contributed by atoms with Gasteiger partial charge in [0.25, 0.3) is 11.7 Å². The molecule has 1 atom stereocenters. The van der Waals surface area contributed by atoms with Crippen molar-refractivity contribution in [1.82, 2.24) is 4.90 Å². The Kier molecular flexibility index (Phi) is 6.69. The minimum Gasteiger partial charge on any atom is -0.507 e. The van der Waals surface area contributed by atoms with Crippen LogP contribution in [-0.4, -0.2) is 53.2 Å². The lowest BCUT2D eigenvalue weighted by Gasteiger charge is -2.26. The number of aliphatic hydroxyl groups excluding tert-OH is 2. The van der Waals surface area contributed by atoms with Crippen LogP contribution in [0.3, 0.4) is 0 Å². The number of Topliss-reactive ketones (excluding diaryl/α,β-unsaturated/α-hetero) is 1. The predicted molar refractivity (Wildman–Crippen MR) is 110 cm³/mol. The van der Waals surface area contributed by atoms with Gasteiger partial charge in [0, 0.05) is 17.1 Å². The number of hydrogen-bond donors (Lipinski definition) is 2. The number of rotatable bonds is 7. The van der Waals surface area contributed by atoms with Gasteiger partial charge in [0.2, 0.25) is 0 Å². The van der Waals surface area contributed by atoms with Crippen LogP contribution in [0.25, 0.3) is 5.76 Å². The summed E-state index contributed by atoms with van der Waals surface area (Å²) in [5.74, 6) is -1.74. The van der Waals surface area contributed by atoms with Crippen LogP contribution >= 0.6 is 11.6 Å². The highest BCUT2D eigenvalue weighted by Gasteiger charge is 2.46. The maximum absolute atomic E-state index is 12.8. The number of amides is 1. The fourth-order valence-corrected chi connectivity index (χ4v) is 3.57. The summed E-state index contributed by atoms with van der Waals surface area (Å²) in [6, 6.07) is 13.1. The van der Waals surface area contributed by atoms with E-state index < -0.39 is 17.7 Å². The molecule has 152 valence electrons. The maximum atomic E-state index is 12.8. The number of nitrogens with zero attached hydrogens (tertiary/aromatic N) is 1. The molecule has 0 saturated carbocycles. The van der Waals surface area contributed by atoms with Crippen LogP contribution in [0.1, 0.15) is 22.7 Å². The largest absolute Gasteiger partial charge is 0.507 e. The highest BCUT2D eigenvalue weighted by atomic mass is 35.5. The van der Waals surface area contributed by atoms with Crippen LogP contribution in [0.5, 0.6) is 0 Å². The Morgan fingerprint density at radius 3 is 2.45 bits per heavy atom. The molecule has 0 aromatic heterocycles. The van der Waals surface area contributed by atoms with E-state index >= 15 is 0 Å². The van der Waals surface area contributed by atoms with Gasteiger partial charge in [-0.05, 0) is 18.6 Å². The Hall–Kier alpha value is -2.67. The van der Waals surface area contributed by atoms with Crippen LogP contribution in [0, 0.1) is 6.92 Å². The quantitative estimate of drug-likeness (QED) is 0.314. The van der Waals surface area contributed by atoms with Gasteiger partial charge in [-0.2, -0.15) is 0 Å². The number of aryl methyl sites for hydroxylation is 1. The summed E-state index contributed by atoms with van der Waals surface area (Å²) in [4.78, 5) is 26.9. The van der Waals surface area contributed by atoms with Gasteiger partial charge in [0.1, 0.15) is 5.76 Å². The summed E-state index contributed by atoms with van der Waals surface area (Å²) in [5.41, 5.74) is 1.99. The van der Waals surface area contributed by atoms with E-state index in [4.69, 9.17) is 21.4 Å². The zero-order chi connectivity index (χ0) is 21.0. The lowest BCUT2D eigenvalue weighted by Crippen LogP contribution is -2.33. The van der Waals surface area contributed by atoms with Gasteiger partial charge < -0.3 is 19.8 Å². The van der Waals surface area contributed by atoms with Crippen LogP contribution in [0.4, 0.5) is 0 Å². The number of halogens is 1. The third-order valence-electron chi connectivity index (χ3n) is 4.78. The predicted octanol–water partition coefficient (Wildman–Crippen LogP) is 3.08. The van der Waals surface area contributed by atoms with E-state index in [9.17, 15) is 14.7 Å². The highest BCUT2D eigenvalue weighted by Crippen LogP contribution is 2.41. The van der Waals surface area contributed by atoms with Gasteiger partial charge in [0.05, 0.1) is 31.4 Å². The molecule has 6 nitrogen and oxygen atoms in total. The summed E-state index contributed by atoms with van der Waals surface area (Å²) < 4.78 is 5.27. The van der Waals surface area contributed by atoms with Gasteiger partial charge in [-0.1, -0.05) is 59.6 Å². The molecule has 1 saturated heterocycles. The van der Waals surface area contributed by atoms with Crippen LogP contribution < -0.4 is 0 Å². The molecule has 0 bridgehead atoms. The van der Waals surface area contributed by atoms with Crippen molar-refractivity contribution in [3.05, 3.63) is 75.8 Å². The monoisotopic (exact) mass is 415 g/mol. The molecule has 3 rings (SSSR count). The van der Waals surface area contributed by atoms with Gasteiger partial charge in [-0.25, -0.2) is 0 Å². The highest BCUT2D eigenvalue weighted by molar-refractivity contribution is 6.47. The molecule has 1 fully saturated rings. The van der Waals surface area contributed by atoms with E-state index in [0.717, 1.165) is 5.56 Å². The number of benzene rings is 2. The van der Waals surface area contributed by atoms with E-state index in [2.05, 4.69) is 0 Å². The smallest absolute Gasteiger partial charge is 0.295 e. The minimum atomic E-state index is -0.831. The van der Waals surface area contributed by atoms with E-state index in [1.807, 2.05) is 19.1 Å². The van der Waals surface area contributed by atoms with Crippen LogP contribution in [-0.2, 0) is 14.3 Å². The zero-order valence-electron chi connectivity index (χ0n) is 16.0. The third kappa shape index (κ3) is 4.34. The number of carbonyl (C=O) groups is 2. The second kappa shape index (κ2) is 9.22. The molecule has 7 heteroatoms. The molecule has 2 aromatic carbocycles. The summed E-state index contributed by atoms with van der Waals surface area (Å²) >= 11 is 6.37. The number of ether oxygens (including phenoxy) is 1. The van der Waals surface area contributed by atoms with Gasteiger partial charge >= 0.3 is 0 Å². The molecular weight excluding hydrogens is 394 g/mol. The molecule has 1 amide bonds. The van der Waals surface area contributed by atoms with Crippen molar-refractivity contribution in [1.29, 1.82) is 0 Å². The topological polar surface area (TPSA) is 87.1 Å². The van der Waals surface area contributed by atoms with Gasteiger partial charge in [0.15, 0.2) is 0 Å². The average molecular weight is 416 g/mol. The molecular formula is C22H22ClNO5. The number of hydrogen-bond acceptors (Lipinski definition) is 5. The molecule has 1 aliphatic heterocycles. The summed E-state index contributed by atoms with van der Waals surface area (Å²) in [6.07, 6.45) is 0. The first kappa shape index (κ1) is 21.0. The zero-order valence-corrected chi connectivity index (χ0v) is 16.7. The fraction of sp³-hybridized carbons (Fsp3) is 0.273. The second-order valence-electron chi connectivity index (χ2n) is 6.72. The molecule has 2 aromatic rings. The fourth-order valence-electron chi connectivity index (χ4n) is 3.33. The number of ketones is 1. The van der Waals surface area contributed by atoms with Crippen molar-refractivity contribution < 1.29 is 24.5 Å². The Bertz CT molecular complexity index is 938. The number of likely N-dealkylation sites (tertiary alicyclic amines) is 1. The summed E-state index contributed by atoms with van der Waals surface area (Å²) in [7, 11) is 0. The Morgan fingerprint density at radius 1 is 1.10 bits per heavy atom. The SMILES string of the molecule is Cc1ccc(C(O)=C2C(=O)C(=O)N(CCOCCO)C2c2ccccc2Cl)cc1. The van der Waals surface area contributed by atoms with Gasteiger partial charge in [-0.15, -0.1) is 0 Å². The average Bonchev–Trinajstić information content (AvgIpc) is 2.96. The van der Waals surface area contributed by atoms with Crippen LogP contribution in [0.15, 0.2) is 54.1 Å². The van der Waals surface area contributed by atoms with Gasteiger partial charge in [-0.3, -0.25) is 9.59 Å². The van der Waals surface area contributed by atoms with E-state index in [1.54, 1.807) is 36.4 Å². The number of aliphatic hydroxyl groups is 2.